The van der Waals surface area contributed by atoms with Crippen molar-refractivity contribution in [3.8, 4) is 5.75 Å². The lowest BCUT2D eigenvalue weighted by Crippen LogP contribution is -2.38. The Hall–Kier alpha value is -2.07. The van der Waals surface area contributed by atoms with E-state index in [1.54, 1.807) is 4.57 Å². The average molecular weight is 474 g/mol. The molecule has 168 valence electrons. The van der Waals surface area contributed by atoms with Gasteiger partial charge in [0.25, 0.3) is 0 Å². The Morgan fingerprint density at radius 1 is 1.45 bits per heavy atom. The monoisotopic (exact) mass is 473 g/mol. The fourth-order valence-corrected chi connectivity index (χ4v) is 5.20. The summed E-state index contributed by atoms with van der Waals surface area (Å²) in [7, 11) is 0. The number of fused-ring (bicyclic) bond motifs is 2. The molecule has 3 fully saturated rings. The number of benzene rings is 1. The number of hydrogen-bond acceptors (Lipinski definition) is 6. The Morgan fingerprint density at radius 2 is 2.19 bits per heavy atom. The molecule has 3 aliphatic rings. The molecule has 3 N–H and O–H groups in total. The van der Waals surface area contributed by atoms with Crippen LogP contribution in [0.5, 0.6) is 5.75 Å². The number of hydrogen-bond donors (Lipinski definition) is 2. The Balaban J connectivity index is 0.00000231. The molecule has 0 bridgehead atoms. The minimum Gasteiger partial charge on any atom is -0.449 e. The third-order valence-corrected chi connectivity index (χ3v) is 6.89. The van der Waals surface area contributed by atoms with Crippen molar-refractivity contribution in [3.63, 3.8) is 0 Å². The molecule has 1 aliphatic carbocycles. The first-order valence-corrected chi connectivity index (χ1v) is 10.2. The third kappa shape index (κ3) is 3.44. The highest BCUT2D eigenvalue weighted by atomic mass is 35.5. The highest BCUT2D eigenvalue weighted by Crippen LogP contribution is 2.47. The molecule has 0 radical (unpaired) electrons. The van der Waals surface area contributed by atoms with Crippen molar-refractivity contribution in [1.82, 2.24) is 4.57 Å². The van der Waals surface area contributed by atoms with E-state index in [0.29, 0.717) is 38.4 Å². The second-order valence-corrected chi connectivity index (χ2v) is 8.78. The topological polar surface area (TPSA) is 107 Å². The Labute approximate surface area is 188 Å². The van der Waals surface area contributed by atoms with Crippen molar-refractivity contribution in [3.05, 3.63) is 33.3 Å². The molecule has 1 aromatic carbocycles. The first-order chi connectivity index (χ1) is 14.3. The van der Waals surface area contributed by atoms with Crippen LogP contribution in [-0.2, 0) is 4.74 Å². The number of carboxylic acid groups (broad SMARTS) is 1. The summed E-state index contributed by atoms with van der Waals surface area (Å²) in [5.41, 5.74) is 5.72. The molecule has 31 heavy (non-hydrogen) atoms. The molecule has 8 nitrogen and oxygen atoms in total. The minimum atomic E-state index is -1.60. The predicted molar refractivity (Wildman–Crippen MR) is 115 cm³/mol. The molecule has 11 heteroatoms. The van der Waals surface area contributed by atoms with E-state index in [9.17, 15) is 9.59 Å². The summed E-state index contributed by atoms with van der Waals surface area (Å²) < 4.78 is 27.2. The number of anilines is 1. The molecule has 5 rings (SSSR count). The van der Waals surface area contributed by atoms with Crippen LogP contribution in [0.2, 0.25) is 5.02 Å². The highest BCUT2D eigenvalue weighted by Gasteiger charge is 2.50. The minimum absolute atomic E-state index is 0. The van der Waals surface area contributed by atoms with Crippen LogP contribution in [-0.4, -0.2) is 48.7 Å². The quantitative estimate of drug-likeness (QED) is 0.657. The summed E-state index contributed by atoms with van der Waals surface area (Å²) >= 11 is 6.72. The lowest BCUT2D eigenvalue weighted by atomic mass is 9.81. The van der Waals surface area contributed by atoms with E-state index in [0.717, 1.165) is 18.9 Å². The second-order valence-electron chi connectivity index (χ2n) is 8.41. The standard InChI is InChI=1S/C20H21ClFN3O5.ClH/c21-15-16-12(18(26)14(30-19(27)28)5-25(16)11-1-2-11)3-13(22)17(15)24-4-10-6-29-9-20(10,7-23)8-24;/h3,5,10-11H,1-2,4,6-9,23H2,(H,27,28);1H. The summed E-state index contributed by atoms with van der Waals surface area (Å²) in [5.74, 6) is -0.807. The van der Waals surface area contributed by atoms with E-state index in [1.165, 1.54) is 6.20 Å². The fraction of sp³-hybridized carbons (Fsp3) is 0.500. The van der Waals surface area contributed by atoms with Crippen molar-refractivity contribution >= 4 is 46.8 Å². The van der Waals surface area contributed by atoms with E-state index >= 15 is 4.39 Å². The van der Waals surface area contributed by atoms with Crippen molar-refractivity contribution in [2.24, 2.45) is 17.1 Å². The van der Waals surface area contributed by atoms with Gasteiger partial charge in [0.1, 0.15) is 5.82 Å². The van der Waals surface area contributed by atoms with E-state index in [-0.39, 0.29) is 51.6 Å². The zero-order valence-electron chi connectivity index (χ0n) is 16.5. The summed E-state index contributed by atoms with van der Waals surface area (Å²) in [6, 6.07) is 1.19. The van der Waals surface area contributed by atoms with Gasteiger partial charge in [0, 0.05) is 37.0 Å². The molecular formula is C20H22Cl2FN3O5. The van der Waals surface area contributed by atoms with Gasteiger partial charge in [-0.25, -0.2) is 9.18 Å². The molecule has 0 amide bonds. The molecule has 3 heterocycles. The van der Waals surface area contributed by atoms with Crippen molar-refractivity contribution in [1.29, 1.82) is 0 Å². The number of rotatable bonds is 4. The normalized spacial score (nSPS) is 24.9. The molecule has 2 atom stereocenters. The maximum absolute atomic E-state index is 15.3. The maximum atomic E-state index is 15.3. The summed E-state index contributed by atoms with van der Waals surface area (Å²) in [6.45, 7) is 2.62. The number of nitrogens with two attached hydrogens (primary N) is 1. The van der Waals surface area contributed by atoms with E-state index < -0.39 is 17.4 Å². The molecule has 2 aliphatic heterocycles. The molecule has 2 saturated heterocycles. The van der Waals surface area contributed by atoms with Gasteiger partial charge in [-0.2, -0.15) is 0 Å². The van der Waals surface area contributed by atoms with E-state index in [1.807, 2.05) is 4.90 Å². The predicted octanol–water partition coefficient (Wildman–Crippen LogP) is 3.02. The zero-order valence-corrected chi connectivity index (χ0v) is 18.0. The number of aromatic nitrogens is 1. The van der Waals surface area contributed by atoms with Gasteiger partial charge in [-0.3, -0.25) is 4.79 Å². The van der Waals surface area contributed by atoms with Gasteiger partial charge in [0.15, 0.2) is 5.75 Å². The third-order valence-electron chi connectivity index (χ3n) is 6.53. The van der Waals surface area contributed by atoms with Gasteiger partial charge in [0.05, 0.1) is 41.0 Å². The van der Waals surface area contributed by atoms with Gasteiger partial charge < -0.3 is 29.8 Å². The number of carbonyl (C=O) groups is 1. The molecular weight excluding hydrogens is 452 g/mol. The van der Waals surface area contributed by atoms with Crippen molar-refractivity contribution < 1.29 is 23.8 Å². The lowest BCUT2D eigenvalue weighted by Gasteiger charge is -2.27. The van der Waals surface area contributed by atoms with Crippen LogP contribution in [0.4, 0.5) is 14.9 Å². The van der Waals surface area contributed by atoms with E-state index in [2.05, 4.69) is 4.74 Å². The second kappa shape index (κ2) is 7.81. The van der Waals surface area contributed by atoms with Gasteiger partial charge in [-0.05, 0) is 18.9 Å². The molecule has 1 saturated carbocycles. The molecule has 1 aromatic heterocycles. The highest BCUT2D eigenvalue weighted by molar-refractivity contribution is 6.38. The summed E-state index contributed by atoms with van der Waals surface area (Å²) in [6.07, 6.45) is 1.47. The fourth-order valence-electron chi connectivity index (χ4n) is 4.80. The lowest BCUT2D eigenvalue weighted by molar-refractivity contribution is 0.143. The molecule has 2 aromatic rings. The summed E-state index contributed by atoms with van der Waals surface area (Å²) in [5, 5.41) is 9.08. The van der Waals surface area contributed by atoms with Gasteiger partial charge in [-0.15, -0.1) is 12.4 Å². The van der Waals surface area contributed by atoms with Crippen LogP contribution in [0.15, 0.2) is 17.1 Å². The smallest absolute Gasteiger partial charge is 0.449 e. The van der Waals surface area contributed by atoms with Crippen LogP contribution < -0.4 is 20.8 Å². The van der Waals surface area contributed by atoms with Crippen molar-refractivity contribution in [2.75, 3.05) is 37.7 Å². The van der Waals surface area contributed by atoms with Crippen LogP contribution in [0.25, 0.3) is 10.9 Å². The number of halogens is 3. The number of pyridine rings is 1. The van der Waals surface area contributed by atoms with Crippen LogP contribution in [0.3, 0.4) is 0 Å². The van der Waals surface area contributed by atoms with Gasteiger partial charge in [-0.1, -0.05) is 11.6 Å². The molecule has 2 unspecified atom stereocenters. The van der Waals surface area contributed by atoms with Crippen molar-refractivity contribution in [2.45, 2.75) is 18.9 Å². The first-order valence-electron chi connectivity index (χ1n) is 9.85. The van der Waals surface area contributed by atoms with Gasteiger partial charge >= 0.3 is 6.16 Å². The summed E-state index contributed by atoms with van der Waals surface area (Å²) in [4.78, 5) is 25.6. The SMILES string of the molecule is Cl.NCC12COCC1CN(c1c(F)cc3c(=O)c(OC(=O)O)cn(C4CC4)c3c1Cl)C2. The Morgan fingerprint density at radius 3 is 2.81 bits per heavy atom. The first kappa shape index (κ1) is 22.1. The maximum Gasteiger partial charge on any atom is 0.511 e. The van der Waals surface area contributed by atoms with Crippen LogP contribution in [0.1, 0.15) is 18.9 Å². The van der Waals surface area contributed by atoms with E-state index in [4.69, 9.17) is 27.2 Å². The van der Waals surface area contributed by atoms with Gasteiger partial charge in [0.2, 0.25) is 5.43 Å². The van der Waals surface area contributed by atoms with Crippen LogP contribution >= 0.6 is 24.0 Å². The molecule has 0 spiro atoms. The van der Waals surface area contributed by atoms with Crippen LogP contribution in [0, 0.1) is 17.2 Å². The Kier molecular flexibility index (Phi) is 5.58. The zero-order chi connectivity index (χ0) is 21.2. The number of ether oxygens (including phenoxy) is 2. The largest absolute Gasteiger partial charge is 0.511 e. The Bertz CT molecular complexity index is 1120. The number of nitrogens with zero attached hydrogens (tertiary/aromatic N) is 2. The average Bonchev–Trinajstić information content (AvgIpc) is 3.36.